The van der Waals surface area contributed by atoms with Crippen molar-refractivity contribution in [2.24, 2.45) is 28.8 Å². The lowest BCUT2D eigenvalue weighted by Crippen LogP contribution is -2.46. The summed E-state index contributed by atoms with van der Waals surface area (Å²) >= 11 is 0. The highest BCUT2D eigenvalue weighted by atomic mass is 19.1. The van der Waals surface area contributed by atoms with Gasteiger partial charge in [-0.15, -0.1) is 0 Å². The minimum absolute atomic E-state index is 0.0194. The van der Waals surface area contributed by atoms with Crippen LogP contribution in [0.25, 0.3) is 21.8 Å². The number of hydrogen-bond donors (Lipinski definition) is 7. The number of carbonyl (C=O) groups excluding carboxylic acids is 3. The normalized spacial score (nSPS) is 28.3. The highest BCUT2D eigenvalue weighted by Crippen LogP contribution is 2.55. The topological polar surface area (TPSA) is 292 Å². The standard InChI is InChI=1S/C54H63FN6O15/c1-24-11-10-12-25(2)52(70)57-40-33(22-56-60-18-16-59(17-19-60)51-35(55)21-32-44(66)34(53(71)72)23-61(31-13-14-31)50(32)58-51)45(67)37-38(46(40)68)43(65)29(6)48-39(37)49(69)54(8,76-48)74-20-15-36(73-9)26(3)47(75-30(7)62)28(5)42(64)27(4)41(24)63/h10-12,15,20-24,26-28,31,36,41-42,47,63-65,67-68H,13-14,16-19H2,1-9H3,(H,57,70)(H,71,72)/b11-10+,20-15+,25-12-,56-22+/t24-,26-,27-,28-,36+,41+,42-,47-,54+/m1/s1. The van der Waals surface area contributed by atoms with E-state index in [0.29, 0.717) is 0 Å². The lowest BCUT2D eigenvalue weighted by molar-refractivity contribution is -0.160. The third-order valence-electron chi connectivity index (χ3n) is 15.0. The number of fused-ring (bicyclic) bond motifs is 15. The largest absolute Gasteiger partial charge is 0.507 e. The Balaban J connectivity index is 1.18. The van der Waals surface area contributed by atoms with E-state index in [1.807, 2.05) is 0 Å². The number of Topliss-reactive ketones (excluding diaryl/α,β-unsaturated/α-hetero) is 1. The highest BCUT2D eigenvalue weighted by molar-refractivity contribution is 6.24. The number of aliphatic hydroxyl groups is 2. The average Bonchev–Trinajstić information content (AvgIpc) is 4.24. The summed E-state index contributed by atoms with van der Waals surface area (Å²) in [5.74, 6) is -11.6. The number of hydrazone groups is 1. The maximum atomic E-state index is 15.8. The number of rotatable bonds is 7. The SMILES string of the molecule is CO[C@H]1/C=C/O[C@@]2(C)Oc3c(C)c(O)c4c(O)c(c(/C=N/N5CCN(c6nc7c(cc6F)c(=O)c(C(=O)O)cn7C6CC6)CC5)c(O)c4c3C2=O)NC(=O)/C(C)=C\C=C\[C@@H](C)[C@H](O)[C@@H](C)[C@@H](O)[C@@H](C)[C@H](OC(C)=O)[C@@H]1C. The van der Waals surface area contributed by atoms with Gasteiger partial charge in [-0.05, 0) is 38.8 Å². The summed E-state index contributed by atoms with van der Waals surface area (Å²) in [5, 5.41) is 76.9. The number of piperazine rings is 1. The van der Waals surface area contributed by atoms with E-state index < -0.39 is 123 Å². The lowest BCUT2D eigenvalue weighted by Gasteiger charge is -2.38. The van der Waals surface area contributed by atoms with Crippen LogP contribution in [0.5, 0.6) is 23.0 Å². The third-order valence-corrected chi connectivity index (χ3v) is 15.0. The maximum absolute atomic E-state index is 15.8. The number of esters is 1. The number of methoxy groups -OCH3 is 1. The van der Waals surface area contributed by atoms with Crippen molar-refractivity contribution in [3.63, 3.8) is 0 Å². The van der Waals surface area contributed by atoms with Crippen molar-refractivity contribution in [3.05, 3.63) is 86.7 Å². The average molecular weight is 1060 g/mol. The number of amides is 1. The lowest BCUT2D eigenvalue weighted by atomic mass is 9.78. The van der Waals surface area contributed by atoms with Crippen molar-refractivity contribution in [2.75, 3.05) is 43.5 Å². The van der Waals surface area contributed by atoms with E-state index in [1.165, 1.54) is 59.2 Å². The van der Waals surface area contributed by atoms with Crippen molar-refractivity contribution < 1.29 is 73.2 Å². The number of pyridine rings is 2. The molecule has 0 spiro atoms. The number of aromatic hydroxyl groups is 3. The summed E-state index contributed by atoms with van der Waals surface area (Å²) in [5.41, 5.74) is -2.06. The fraction of sp³-hybridized carbons (Fsp3) is 0.463. The number of anilines is 2. The Morgan fingerprint density at radius 2 is 1.63 bits per heavy atom. The zero-order valence-electron chi connectivity index (χ0n) is 43.5. The van der Waals surface area contributed by atoms with Crippen LogP contribution in [-0.4, -0.2) is 139 Å². The van der Waals surface area contributed by atoms with Gasteiger partial charge in [0, 0.05) is 86.5 Å². The van der Waals surface area contributed by atoms with E-state index in [-0.39, 0.29) is 82.5 Å². The zero-order chi connectivity index (χ0) is 55.4. The number of carboxylic acid groups (broad SMARTS) is 1. The summed E-state index contributed by atoms with van der Waals surface area (Å²) in [7, 11) is 1.41. The number of phenolic OH excluding ortho intramolecular Hbond substituents is 3. The number of benzene rings is 2. The second-order valence-electron chi connectivity index (χ2n) is 20.3. The first-order valence-electron chi connectivity index (χ1n) is 25.0. The first-order chi connectivity index (χ1) is 35.9. The number of halogens is 1. The van der Waals surface area contributed by atoms with Gasteiger partial charge in [-0.2, -0.15) is 5.10 Å². The van der Waals surface area contributed by atoms with Crippen LogP contribution in [-0.2, 0) is 23.8 Å². The predicted octanol–water partition coefficient (Wildman–Crippen LogP) is 5.79. The molecule has 4 aliphatic heterocycles. The molecule has 76 heavy (non-hydrogen) atoms. The fourth-order valence-electron chi connectivity index (χ4n) is 10.3. The first-order valence-corrected chi connectivity index (χ1v) is 25.0. The number of nitrogens with zero attached hydrogens (tertiary/aromatic N) is 5. The van der Waals surface area contributed by atoms with Crippen LogP contribution < -0.4 is 20.4 Å². The van der Waals surface area contributed by atoms with E-state index in [0.717, 1.165) is 31.4 Å². The highest BCUT2D eigenvalue weighted by Gasteiger charge is 2.50. The molecule has 2 aromatic heterocycles. The Morgan fingerprint density at radius 1 is 0.947 bits per heavy atom. The molecule has 0 unspecified atom stereocenters. The summed E-state index contributed by atoms with van der Waals surface area (Å²) in [6.07, 6.45) is 6.98. The first kappa shape index (κ1) is 54.7. The minimum atomic E-state index is -2.14. The van der Waals surface area contributed by atoms with Gasteiger partial charge >= 0.3 is 17.7 Å². The molecule has 0 radical (unpaired) electrons. The van der Waals surface area contributed by atoms with Gasteiger partial charge in [0.2, 0.25) is 5.43 Å². The second kappa shape index (κ2) is 21.2. The van der Waals surface area contributed by atoms with Crippen molar-refractivity contribution in [2.45, 2.75) is 104 Å². The molecule has 7 N–H and O–H groups in total. The molecule has 1 saturated carbocycles. The summed E-state index contributed by atoms with van der Waals surface area (Å²) < 4.78 is 41.1. The van der Waals surface area contributed by atoms with Crippen LogP contribution in [0.15, 0.2) is 58.3 Å². The van der Waals surface area contributed by atoms with Crippen molar-refractivity contribution in [3.8, 4) is 23.0 Å². The number of phenols is 3. The molecule has 1 aliphatic carbocycles. The number of aromatic nitrogens is 2. The maximum Gasteiger partial charge on any atom is 0.341 e. The van der Waals surface area contributed by atoms with Gasteiger partial charge in [0.25, 0.3) is 11.7 Å². The van der Waals surface area contributed by atoms with Gasteiger partial charge in [-0.3, -0.25) is 24.2 Å². The molecule has 406 valence electrons. The zero-order valence-corrected chi connectivity index (χ0v) is 43.5. The summed E-state index contributed by atoms with van der Waals surface area (Å²) in [4.78, 5) is 72.3. The molecule has 1 saturated heterocycles. The van der Waals surface area contributed by atoms with E-state index in [2.05, 4.69) is 15.4 Å². The molecule has 5 bridgehead atoms. The number of carbonyl (C=O) groups is 4. The van der Waals surface area contributed by atoms with Crippen LogP contribution in [0.2, 0.25) is 0 Å². The summed E-state index contributed by atoms with van der Waals surface area (Å²) in [6.45, 7) is 12.8. The minimum Gasteiger partial charge on any atom is -0.507 e. The van der Waals surface area contributed by atoms with Crippen LogP contribution in [0.4, 0.5) is 15.9 Å². The van der Waals surface area contributed by atoms with Crippen molar-refractivity contribution in [1.82, 2.24) is 14.6 Å². The fourth-order valence-corrected chi connectivity index (χ4v) is 10.3. The number of aliphatic hydroxyl groups excluding tert-OH is 2. The van der Waals surface area contributed by atoms with Gasteiger partial charge in [-0.1, -0.05) is 45.9 Å². The Morgan fingerprint density at radius 3 is 2.26 bits per heavy atom. The summed E-state index contributed by atoms with van der Waals surface area (Å²) in [6, 6.07) is 0.913. The molecule has 6 heterocycles. The number of allylic oxidation sites excluding steroid dienone is 2. The van der Waals surface area contributed by atoms with Gasteiger partial charge < -0.3 is 64.4 Å². The molecular weight excluding hydrogens is 992 g/mol. The number of ether oxygens (including phenoxy) is 4. The monoisotopic (exact) mass is 1050 g/mol. The van der Waals surface area contributed by atoms with Gasteiger partial charge in [0.05, 0.1) is 71.5 Å². The van der Waals surface area contributed by atoms with Crippen LogP contribution in [0.3, 0.4) is 0 Å². The molecule has 5 aliphatic rings. The Labute approximate surface area is 436 Å². The number of carboxylic acids is 1. The molecule has 4 aromatic rings. The number of hydrogen-bond acceptors (Lipinski definition) is 18. The smallest absolute Gasteiger partial charge is 0.341 e. The predicted molar refractivity (Wildman–Crippen MR) is 276 cm³/mol. The van der Waals surface area contributed by atoms with Crippen LogP contribution >= 0.6 is 0 Å². The van der Waals surface area contributed by atoms with E-state index in [1.54, 1.807) is 48.2 Å². The van der Waals surface area contributed by atoms with Gasteiger partial charge in [0.15, 0.2) is 17.4 Å². The van der Waals surface area contributed by atoms with Crippen LogP contribution in [0, 0.1) is 36.4 Å². The molecule has 9 rings (SSSR count). The molecule has 21 nitrogen and oxygen atoms in total. The van der Waals surface area contributed by atoms with Crippen LogP contribution in [0.1, 0.15) is 99.2 Å². The molecular formula is C54H63FN6O15. The number of ketones is 1. The second-order valence-corrected chi connectivity index (χ2v) is 20.3. The Bertz CT molecular complexity index is 3210. The number of aromatic carboxylic acids is 1. The van der Waals surface area contributed by atoms with E-state index in [4.69, 9.17) is 18.9 Å². The molecule has 2 fully saturated rings. The Hall–Kier alpha value is -7.56. The van der Waals surface area contributed by atoms with E-state index in [9.17, 15) is 54.6 Å². The Kier molecular flexibility index (Phi) is 15.3. The molecule has 1 amide bonds. The number of nitrogens with one attached hydrogen (secondary N) is 1. The van der Waals surface area contributed by atoms with Gasteiger partial charge in [-0.25, -0.2) is 14.2 Å². The molecule has 22 heteroatoms. The molecule has 9 atom stereocenters. The quantitative estimate of drug-likeness (QED) is 0.0499. The van der Waals surface area contributed by atoms with E-state index >= 15 is 4.39 Å². The third kappa shape index (κ3) is 10.0. The van der Waals surface area contributed by atoms with Crippen molar-refractivity contribution >= 4 is 63.2 Å². The molecule has 2 aromatic carbocycles. The van der Waals surface area contributed by atoms with Gasteiger partial charge in [0.1, 0.15) is 34.6 Å². The van der Waals surface area contributed by atoms with Crippen molar-refractivity contribution in [1.29, 1.82) is 0 Å².